The summed E-state index contributed by atoms with van der Waals surface area (Å²) in [7, 11) is 0. The lowest BCUT2D eigenvalue weighted by atomic mass is 9.31. The molecule has 0 aromatic heterocycles. The summed E-state index contributed by atoms with van der Waals surface area (Å²) in [6.07, 6.45) is 13.2. The first-order valence-electron chi connectivity index (χ1n) is 14.6. The number of hydrogen-bond acceptors (Lipinski definition) is 2. The third-order valence-electron chi connectivity index (χ3n) is 13.8. The van der Waals surface area contributed by atoms with Crippen LogP contribution in [0.1, 0.15) is 120 Å². The van der Waals surface area contributed by atoms with Crippen molar-refractivity contribution in [3.63, 3.8) is 0 Å². The van der Waals surface area contributed by atoms with E-state index in [4.69, 9.17) is 4.74 Å². The fourth-order valence-corrected chi connectivity index (χ4v) is 11.8. The van der Waals surface area contributed by atoms with Gasteiger partial charge in [0.1, 0.15) is 6.10 Å². The van der Waals surface area contributed by atoms with Crippen LogP contribution in [0.5, 0.6) is 0 Å². The zero-order valence-corrected chi connectivity index (χ0v) is 23.6. The molecule has 6 unspecified atom stereocenters. The highest BCUT2D eigenvalue weighted by molar-refractivity contribution is 5.66. The van der Waals surface area contributed by atoms with E-state index in [1.807, 2.05) is 0 Å². The molecule has 5 aliphatic rings. The van der Waals surface area contributed by atoms with E-state index in [1.54, 1.807) is 6.92 Å². The van der Waals surface area contributed by atoms with Crippen molar-refractivity contribution in [1.82, 2.24) is 0 Å². The molecule has 0 bridgehead atoms. The summed E-state index contributed by atoms with van der Waals surface area (Å²) in [4.78, 5) is 11.9. The molecule has 0 radical (unpaired) electrons. The van der Waals surface area contributed by atoms with Crippen LogP contribution in [-0.2, 0) is 9.53 Å². The van der Waals surface area contributed by atoms with Crippen LogP contribution in [0, 0.1) is 56.7 Å². The predicted octanol–water partition coefficient (Wildman–Crippen LogP) is 8.60. The Hall–Kier alpha value is -0.790. The van der Waals surface area contributed by atoms with Crippen LogP contribution in [0.15, 0.2) is 12.2 Å². The van der Waals surface area contributed by atoms with Gasteiger partial charge in [-0.2, -0.15) is 0 Å². The van der Waals surface area contributed by atoms with Crippen molar-refractivity contribution in [3.8, 4) is 0 Å². The van der Waals surface area contributed by atoms with Gasteiger partial charge in [-0.3, -0.25) is 4.79 Å². The second kappa shape index (κ2) is 7.61. The number of hydrogen-bond donors (Lipinski definition) is 0. The van der Waals surface area contributed by atoms with Crippen LogP contribution < -0.4 is 0 Å². The molecule has 0 heterocycles. The lowest BCUT2D eigenvalue weighted by molar-refractivity contribution is -0.253. The van der Waals surface area contributed by atoms with Crippen LogP contribution in [0.4, 0.5) is 0 Å². The monoisotopic (exact) mass is 468 g/mol. The van der Waals surface area contributed by atoms with Gasteiger partial charge in [0.2, 0.25) is 0 Å². The predicted molar refractivity (Wildman–Crippen MR) is 140 cm³/mol. The van der Waals surface area contributed by atoms with Gasteiger partial charge in [-0.15, -0.1) is 0 Å². The molecule has 34 heavy (non-hydrogen) atoms. The molecule has 0 aromatic carbocycles. The van der Waals surface area contributed by atoms with E-state index in [-0.39, 0.29) is 17.5 Å². The first-order valence-corrected chi connectivity index (χ1v) is 14.6. The third kappa shape index (κ3) is 3.08. The third-order valence-corrected chi connectivity index (χ3v) is 13.8. The van der Waals surface area contributed by atoms with E-state index in [0.717, 1.165) is 24.2 Å². The van der Waals surface area contributed by atoms with Crippen LogP contribution in [0.2, 0.25) is 0 Å². The highest BCUT2D eigenvalue weighted by atomic mass is 16.5. The van der Waals surface area contributed by atoms with E-state index in [9.17, 15) is 4.79 Å². The highest BCUT2D eigenvalue weighted by Crippen LogP contribution is 2.77. The van der Waals surface area contributed by atoms with Crippen LogP contribution in [-0.4, -0.2) is 12.1 Å². The quantitative estimate of drug-likeness (QED) is 0.284. The van der Waals surface area contributed by atoms with Gasteiger partial charge in [-0.25, -0.2) is 0 Å². The number of esters is 1. The number of allylic oxidation sites excluding steroid dienone is 1. The van der Waals surface area contributed by atoms with Gasteiger partial charge in [-0.1, -0.05) is 60.6 Å². The number of fused-ring (bicyclic) bond motifs is 7. The van der Waals surface area contributed by atoms with Gasteiger partial charge in [0.25, 0.3) is 0 Å². The molecule has 0 aliphatic heterocycles. The van der Waals surface area contributed by atoms with Crippen molar-refractivity contribution in [2.45, 2.75) is 126 Å². The fraction of sp³-hybridized carbons (Fsp3) is 0.906. The van der Waals surface area contributed by atoms with Crippen molar-refractivity contribution in [1.29, 1.82) is 0 Å². The number of rotatable bonds is 1. The Morgan fingerprint density at radius 1 is 0.853 bits per heavy atom. The van der Waals surface area contributed by atoms with Gasteiger partial charge in [0.05, 0.1) is 0 Å². The topological polar surface area (TPSA) is 26.3 Å². The summed E-state index contributed by atoms with van der Waals surface area (Å²) in [6, 6.07) is 0. The SMILES string of the molecule is C=C1CC[C@]2(C)CC[C@]3(C)C(CCC4[C@@]5(C)CCC(OC(C)=O)C(C)(C)C5CC[C@]43C)C2C1C. The summed E-state index contributed by atoms with van der Waals surface area (Å²) in [5, 5.41) is 0. The summed E-state index contributed by atoms with van der Waals surface area (Å²) in [5.74, 6) is 3.64. The largest absolute Gasteiger partial charge is 0.462 e. The molecule has 5 saturated carbocycles. The average Bonchev–Trinajstić information content (AvgIpc) is 2.74. The van der Waals surface area contributed by atoms with Crippen molar-refractivity contribution in [3.05, 3.63) is 12.2 Å². The minimum Gasteiger partial charge on any atom is -0.462 e. The minimum absolute atomic E-state index is 0.0541. The van der Waals surface area contributed by atoms with E-state index in [2.05, 4.69) is 55.0 Å². The molecule has 0 amide bonds. The Bertz CT molecular complexity index is 872. The molecule has 10 atom stereocenters. The number of ether oxygens (including phenoxy) is 1. The van der Waals surface area contributed by atoms with Gasteiger partial charge in [0.15, 0.2) is 0 Å². The van der Waals surface area contributed by atoms with Crippen LogP contribution in [0.3, 0.4) is 0 Å². The van der Waals surface area contributed by atoms with Crippen LogP contribution in [0.25, 0.3) is 0 Å². The van der Waals surface area contributed by atoms with Crippen molar-refractivity contribution in [2.75, 3.05) is 0 Å². The van der Waals surface area contributed by atoms with Gasteiger partial charge in [-0.05, 0) is 115 Å². The lowest BCUT2D eigenvalue weighted by Crippen LogP contribution is -2.67. The smallest absolute Gasteiger partial charge is 0.302 e. The van der Waals surface area contributed by atoms with Gasteiger partial charge < -0.3 is 4.74 Å². The molecular formula is C32H52O2. The lowest BCUT2D eigenvalue weighted by Gasteiger charge is -2.73. The normalized spacial score (nSPS) is 54.2. The Morgan fingerprint density at radius 2 is 1.56 bits per heavy atom. The van der Waals surface area contributed by atoms with E-state index in [1.165, 1.54) is 63.4 Å². The van der Waals surface area contributed by atoms with E-state index < -0.39 is 0 Å². The van der Waals surface area contributed by atoms with Crippen molar-refractivity contribution < 1.29 is 9.53 Å². The molecule has 0 aromatic rings. The molecule has 5 fully saturated rings. The number of carbonyl (C=O) groups excluding carboxylic acids is 1. The summed E-state index contributed by atoms with van der Waals surface area (Å²) >= 11 is 0. The minimum atomic E-state index is -0.108. The van der Waals surface area contributed by atoms with Crippen molar-refractivity contribution >= 4 is 5.97 Å². The maximum Gasteiger partial charge on any atom is 0.302 e. The fourth-order valence-electron chi connectivity index (χ4n) is 11.8. The highest BCUT2D eigenvalue weighted by Gasteiger charge is 2.70. The summed E-state index contributed by atoms with van der Waals surface area (Å²) in [6.45, 7) is 24.2. The molecule has 5 rings (SSSR count). The molecule has 0 saturated heterocycles. The average molecular weight is 469 g/mol. The Morgan fingerprint density at radius 3 is 2.24 bits per heavy atom. The van der Waals surface area contributed by atoms with E-state index in [0.29, 0.717) is 33.5 Å². The molecular weight excluding hydrogens is 416 g/mol. The Kier molecular flexibility index (Phi) is 5.57. The first-order chi connectivity index (χ1) is 15.7. The van der Waals surface area contributed by atoms with Gasteiger partial charge in [0, 0.05) is 12.3 Å². The molecule has 2 heteroatoms. The molecule has 2 nitrogen and oxygen atoms in total. The molecule has 0 N–H and O–H groups in total. The molecule has 0 spiro atoms. The van der Waals surface area contributed by atoms with E-state index >= 15 is 0 Å². The first kappa shape index (κ1) is 24.9. The molecule has 5 aliphatic carbocycles. The summed E-state index contributed by atoms with van der Waals surface area (Å²) in [5.41, 5.74) is 3.28. The zero-order valence-electron chi connectivity index (χ0n) is 23.6. The zero-order chi connectivity index (χ0) is 24.9. The maximum atomic E-state index is 11.9. The maximum absolute atomic E-state index is 11.9. The van der Waals surface area contributed by atoms with Crippen molar-refractivity contribution in [2.24, 2.45) is 56.7 Å². The standard InChI is InChI=1S/C32H52O2/c1-20-12-15-29(6)18-19-31(8)23(27(29)21(20)2)10-11-25-30(7)16-14-26(34-22(3)33)28(4,5)24(30)13-17-32(25,31)9/h21,23-27H,1,10-19H2,2-9H3/t21?,23?,24?,25?,26?,27?,29-,30+,31-,32-/m1/s1. The molecule has 192 valence electrons. The Balaban J connectivity index is 1.50. The Labute approximate surface area is 210 Å². The second-order valence-electron chi connectivity index (χ2n) is 15.3. The second-order valence-corrected chi connectivity index (χ2v) is 15.3. The van der Waals surface area contributed by atoms with Crippen LogP contribution >= 0.6 is 0 Å². The summed E-state index contributed by atoms with van der Waals surface area (Å²) < 4.78 is 5.91. The number of carbonyl (C=O) groups is 1. The van der Waals surface area contributed by atoms with Gasteiger partial charge >= 0.3 is 5.97 Å².